The maximum Gasteiger partial charge on any atom is 0.421 e. The highest BCUT2D eigenvalue weighted by molar-refractivity contribution is 7.92. The highest BCUT2D eigenvalue weighted by Crippen LogP contribution is 2.35. The van der Waals surface area contributed by atoms with Crippen molar-refractivity contribution in [1.29, 1.82) is 0 Å². The van der Waals surface area contributed by atoms with E-state index in [9.17, 15) is 31.2 Å². The van der Waals surface area contributed by atoms with Gasteiger partial charge in [-0.1, -0.05) is 24.3 Å². The SMILES string of the molecule is CN(c1ncccc1CNc1nc(Nc2ccc(N3CCN(Cc4ccccc4NC4CCC(=O)NC4=O)CC3)cc2)ncc1C(F)(F)F)S(C)(=O)=O. The van der Waals surface area contributed by atoms with Gasteiger partial charge in [-0.25, -0.2) is 18.4 Å². The minimum Gasteiger partial charge on any atom is -0.373 e. The quantitative estimate of drug-likeness (QED) is 0.153. The highest BCUT2D eigenvalue weighted by Gasteiger charge is 2.35. The summed E-state index contributed by atoms with van der Waals surface area (Å²) in [7, 11) is -2.35. The van der Waals surface area contributed by atoms with E-state index in [1.54, 1.807) is 24.3 Å². The van der Waals surface area contributed by atoms with Gasteiger partial charge in [0.1, 0.15) is 23.2 Å². The fourth-order valence-corrected chi connectivity index (χ4v) is 6.56. The summed E-state index contributed by atoms with van der Waals surface area (Å²) in [6.07, 6.45) is -0.898. The Bertz CT molecular complexity index is 2060. The zero-order valence-electron chi connectivity index (χ0n) is 29.0. The number of carbonyl (C=O) groups excluding carboxylic acids is 2. The van der Waals surface area contributed by atoms with Crippen LogP contribution in [0.25, 0.3) is 0 Å². The number of imide groups is 1. The number of carbonyl (C=O) groups is 2. The lowest BCUT2D eigenvalue weighted by Gasteiger charge is -2.36. The average Bonchev–Trinajstić information content (AvgIpc) is 3.12. The molecule has 0 saturated carbocycles. The second-order valence-electron chi connectivity index (χ2n) is 12.8. The smallest absolute Gasteiger partial charge is 0.373 e. The molecular weight excluding hydrogens is 714 g/mol. The summed E-state index contributed by atoms with van der Waals surface area (Å²) in [5.74, 6) is -1.02. The van der Waals surface area contributed by atoms with Gasteiger partial charge in [-0.15, -0.1) is 0 Å². The number of piperazine rings is 1. The zero-order valence-corrected chi connectivity index (χ0v) is 29.8. The monoisotopic (exact) mass is 752 g/mol. The molecule has 0 radical (unpaired) electrons. The van der Waals surface area contributed by atoms with E-state index in [1.165, 1.54) is 13.2 Å². The molecule has 280 valence electrons. The topological polar surface area (TPSA) is 165 Å². The normalized spacial score (nSPS) is 16.9. The van der Waals surface area contributed by atoms with Crippen LogP contribution in [0.2, 0.25) is 0 Å². The number of amides is 2. The summed E-state index contributed by atoms with van der Waals surface area (Å²) < 4.78 is 66.9. The van der Waals surface area contributed by atoms with E-state index in [2.05, 4.69) is 46.0 Å². The van der Waals surface area contributed by atoms with Crippen molar-refractivity contribution in [2.75, 3.05) is 64.6 Å². The Balaban J connectivity index is 1.06. The molecule has 2 aliphatic heterocycles. The number of sulfonamides is 1. The van der Waals surface area contributed by atoms with Crippen molar-refractivity contribution in [3.63, 3.8) is 0 Å². The summed E-state index contributed by atoms with van der Waals surface area (Å²) in [6, 6.07) is 18.0. The molecule has 2 amide bonds. The fourth-order valence-electron chi connectivity index (χ4n) is 6.08. The number of nitrogens with zero attached hydrogens (tertiary/aromatic N) is 6. The summed E-state index contributed by atoms with van der Waals surface area (Å²) in [5, 5.41) is 11.4. The van der Waals surface area contributed by atoms with Crippen molar-refractivity contribution >= 4 is 56.5 Å². The summed E-state index contributed by atoms with van der Waals surface area (Å²) in [6.45, 7) is 3.64. The lowest BCUT2D eigenvalue weighted by Crippen LogP contribution is -2.48. The van der Waals surface area contributed by atoms with Gasteiger partial charge in [0.05, 0.1) is 6.26 Å². The summed E-state index contributed by atoms with van der Waals surface area (Å²) in [4.78, 5) is 40.5. The summed E-state index contributed by atoms with van der Waals surface area (Å²) >= 11 is 0. The van der Waals surface area contributed by atoms with Gasteiger partial charge in [-0.3, -0.25) is 24.1 Å². The van der Waals surface area contributed by atoms with Gasteiger partial charge in [0.2, 0.25) is 27.8 Å². The van der Waals surface area contributed by atoms with Crippen LogP contribution in [0.1, 0.15) is 29.5 Å². The van der Waals surface area contributed by atoms with Crippen molar-refractivity contribution in [2.45, 2.75) is 38.1 Å². The Hall–Kier alpha value is -5.49. The largest absolute Gasteiger partial charge is 0.421 e. The number of anilines is 6. The maximum atomic E-state index is 13.9. The first kappa shape index (κ1) is 37.3. The van der Waals surface area contributed by atoms with Gasteiger partial charge >= 0.3 is 6.18 Å². The first-order valence-electron chi connectivity index (χ1n) is 16.8. The number of piperidine rings is 1. The second-order valence-corrected chi connectivity index (χ2v) is 14.8. The number of halogens is 3. The van der Waals surface area contributed by atoms with E-state index in [1.807, 2.05) is 36.4 Å². The maximum absolute atomic E-state index is 13.9. The predicted molar refractivity (Wildman–Crippen MR) is 195 cm³/mol. The van der Waals surface area contributed by atoms with Gasteiger partial charge in [0.25, 0.3) is 0 Å². The van der Waals surface area contributed by atoms with Crippen LogP contribution in [0.4, 0.5) is 47.8 Å². The molecule has 1 atom stereocenters. The molecule has 2 aliphatic rings. The number of rotatable bonds is 12. The Morgan fingerprint density at radius 3 is 2.38 bits per heavy atom. The number of para-hydroxylation sites is 1. The molecule has 14 nitrogen and oxygen atoms in total. The van der Waals surface area contributed by atoms with Crippen LogP contribution in [0.5, 0.6) is 0 Å². The van der Waals surface area contributed by atoms with Crippen LogP contribution in [0.3, 0.4) is 0 Å². The minimum absolute atomic E-state index is 0.0612. The van der Waals surface area contributed by atoms with Crippen molar-refractivity contribution in [3.05, 3.63) is 89.7 Å². The van der Waals surface area contributed by atoms with Crippen molar-refractivity contribution in [2.24, 2.45) is 0 Å². The van der Waals surface area contributed by atoms with Gasteiger partial charge < -0.3 is 20.9 Å². The van der Waals surface area contributed by atoms with Crippen molar-refractivity contribution in [1.82, 2.24) is 25.2 Å². The van der Waals surface area contributed by atoms with Crippen LogP contribution < -0.4 is 30.5 Å². The first-order chi connectivity index (χ1) is 25.2. The minimum atomic E-state index is -4.75. The molecule has 2 saturated heterocycles. The van der Waals surface area contributed by atoms with Crippen LogP contribution in [-0.4, -0.2) is 85.6 Å². The molecule has 6 rings (SSSR count). The molecule has 4 N–H and O–H groups in total. The average molecular weight is 753 g/mol. The van der Waals surface area contributed by atoms with Crippen molar-refractivity contribution in [3.8, 4) is 0 Å². The Morgan fingerprint density at radius 2 is 1.68 bits per heavy atom. The standard InChI is InChI=1S/C35H39F3N10O4S/c1-46(53(2,51)52)32-23(7-5-15-39-32)20-40-31-27(35(36,37)38)21-41-34(45-31)42-25-9-11-26(12-10-25)48-18-16-47(17-19-48)22-24-6-3-4-8-28(24)43-29-13-14-30(49)44-33(29)50/h3-12,15,21,29,43H,13-14,16-20,22H2,1-2H3,(H,44,49,50)(H2,40,41,42,45). The Morgan fingerprint density at radius 1 is 0.962 bits per heavy atom. The highest BCUT2D eigenvalue weighted by atomic mass is 32.2. The molecule has 1 unspecified atom stereocenters. The van der Waals surface area contributed by atoms with E-state index >= 15 is 0 Å². The first-order valence-corrected chi connectivity index (χ1v) is 18.7. The molecule has 0 bridgehead atoms. The molecule has 4 heterocycles. The Labute approximate surface area is 304 Å². The molecule has 2 aromatic carbocycles. The molecule has 0 spiro atoms. The molecule has 2 aromatic heterocycles. The third-order valence-electron chi connectivity index (χ3n) is 9.04. The van der Waals surface area contributed by atoms with Crippen LogP contribution >= 0.6 is 0 Å². The van der Waals surface area contributed by atoms with E-state index in [0.29, 0.717) is 36.8 Å². The van der Waals surface area contributed by atoms with Gasteiger partial charge in [-0.2, -0.15) is 18.2 Å². The predicted octanol–water partition coefficient (Wildman–Crippen LogP) is 4.18. The molecular formula is C35H39F3N10O4S. The van der Waals surface area contributed by atoms with Gasteiger partial charge in [0.15, 0.2) is 0 Å². The lowest BCUT2D eigenvalue weighted by atomic mass is 10.0. The number of nitrogens with one attached hydrogen (secondary N) is 4. The molecule has 53 heavy (non-hydrogen) atoms. The zero-order chi connectivity index (χ0) is 37.8. The number of aromatic nitrogens is 3. The van der Waals surface area contributed by atoms with E-state index in [-0.39, 0.29) is 30.1 Å². The van der Waals surface area contributed by atoms with E-state index in [4.69, 9.17) is 0 Å². The molecule has 2 fully saturated rings. The fraction of sp³-hybridized carbons (Fsp3) is 0.343. The van der Waals surface area contributed by atoms with Crippen molar-refractivity contribution < 1.29 is 31.2 Å². The Kier molecular flexibility index (Phi) is 11.0. The number of pyridine rings is 1. The number of alkyl halides is 3. The third-order valence-corrected chi connectivity index (χ3v) is 10.2. The molecule has 18 heteroatoms. The number of benzene rings is 2. The molecule has 4 aromatic rings. The van der Waals surface area contributed by atoms with Crippen LogP contribution in [0, 0.1) is 0 Å². The third kappa shape index (κ3) is 9.31. The van der Waals surface area contributed by atoms with Crippen LogP contribution in [-0.2, 0) is 38.9 Å². The lowest BCUT2D eigenvalue weighted by molar-refractivity contribution is -0.137. The number of hydrogen-bond donors (Lipinski definition) is 4. The van der Waals surface area contributed by atoms with Gasteiger partial charge in [0, 0.05) is 87.8 Å². The second kappa shape index (κ2) is 15.6. The molecule has 0 aliphatic carbocycles. The van der Waals surface area contributed by atoms with Gasteiger partial charge in [-0.05, 0) is 48.4 Å². The summed E-state index contributed by atoms with van der Waals surface area (Å²) in [5.41, 5.74) is 2.76. The number of hydrogen-bond acceptors (Lipinski definition) is 12. The van der Waals surface area contributed by atoms with E-state index < -0.39 is 33.6 Å². The van der Waals surface area contributed by atoms with E-state index in [0.717, 1.165) is 53.7 Å². The van der Waals surface area contributed by atoms with Crippen LogP contribution in [0.15, 0.2) is 73.1 Å².